The van der Waals surface area contributed by atoms with Crippen LogP contribution in [0.15, 0.2) is 53.6 Å². The zero-order chi connectivity index (χ0) is 20.7. The van der Waals surface area contributed by atoms with Crippen molar-refractivity contribution in [1.82, 2.24) is 5.43 Å². The number of hydrogen-bond acceptors (Lipinski definition) is 6. The smallest absolute Gasteiger partial charge is 0.240 e. The maximum Gasteiger partial charge on any atom is 0.240 e. The second-order valence-electron chi connectivity index (χ2n) is 6.95. The average Bonchev–Trinajstić information content (AvgIpc) is 3.05. The summed E-state index contributed by atoms with van der Waals surface area (Å²) in [7, 11) is -1.42. The molecule has 0 saturated carbocycles. The molecule has 1 amide bonds. The SMILES string of the molecule is COc1cc(/C=N/NC(=O)CC2CCS(=O)(=O)C2)ccc1OCc1ccccc1. The Bertz CT molecular complexity index is 974. The second-order valence-corrected chi connectivity index (χ2v) is 9.18. The largest absolute Gasteiger partial charge is 0.493 e. The lowest BCUT2D eigenvalue weighted by Crippen LogP contribution is -2.21. The molecule has 7 nitrogen and oxygen atoms in total. The standard InChI is InChI=1S/C21H24N2O5S/c1-27-20-11-17(7-8-19(20)28-14-16-5-3-2-4-6-16)13-22-23-21(24)12-18-9-10-29(25,26)15-18/h2-8,11,13,18H,9-10,12,14-15H2,1H3,(H,23,24)/b22-13+. The normalized spacial score (nSPS) is 17.9. The Morgan fingerprint density at radius 1 is 1.21 bits per heavy atom. The predicted molar refractivity (Wildman–Crippen MR) is 111 cm³/mol. The molecule has 1 saturated heterocycles. The number of sulfone groups is 1. The van der Waals surface area contributed by atoms with Crippen molar-refractivity contribution in [3.63, 3.8) is 0 Å². The van der Waals surface area contributed by atoms with E-state index in [1.54, 1.807) is 19.2 Å². The van der Waals surface area contributed by atoms with Crippen molar-refractivity contribution in [2.45, 2.75) is 19.4 Å². The summed E-state index contributed by atoms with van der Waals surface area (Å²) in [6.07, 6.45) is 2.19. The molecule has 1 atom stereocenters. The van der Waals surface area contributed by atoms with Crippen LogP contribution in [-0.2, 0) is 21.2 Å². The number of benzene rings is 2. The molecule has 29 heavy (non-hydrogen) atoms. The molecule has 1 aliphatic heterocycles. The van der Waals surface area contributed by atoms with E-state index in [1.165, 1.54) is 6.21 Å². The Kier molecular flexibility index (Phi) is 6.87. The summed E-state index contributed by atoms with van der Waals surface area (Å²) < 4.78 is 34.1. The highest BCUT2D eigenvalue weighted by Gasteiger charge is 2.29. The topological polar surface area (TPSA) is 94.1 Å². The van der Waals surface area contributed by atoms with Gasteiger partial charge in [-0.2, -0.15) is 5.10 Å². The van der Waals surface area contributed by atoms with Crippen molar-refractivity contribution in [3.8, 4) is 11.5 Å². The first-order chi connectivity index (χ1) is 13.9. The number of nitrogens with zero attached hydrogens (tertiary/aromatic N) is 1. The lowest BCUT2D eigenvalue weighted by Gasteiger charge is -2.11. The Morgan fingerprint density at radius 2 is 2.00 bits per heavy atom. The summed E-state index contributed by atoms with van der Waals surface area (Å²) in [6.45, 7) is 0.428. The van der Waals surface area contributed by atoms with Crippen molar-refractivity contribution in [2.24, 2.45) is 11.0 Å². The number of amides is 1. The van der Waals surface area contributed by atoms with Gasteiger partial charge < -0.3 is 9.47 Å². The third-order valence-electron chi connectivity index (χ3n) is 4.63. The maximum absolute atomic E-state index is 11.9. The van der Waals surface area contributed by atoms with Crippen molar-refractivity contribution >= 4 is 22.0 Å². The molecule has 0 aliphatic carbocycles. The van der Waals surface area contributed by atoms with Crippen LogP contribution in [0, 0.1) is 5.92 Å². The summed E-state index contributed by atoms with van der Waals surface area (Å²) in [5, 5.41) is 3.95. The van der Waals surface area contributed by atoms with Gasteiger partial charge in [-0.3, -0.25) is 4.79 Å². The first-order valence-electron chi connectivity index (χ1n) is 9.32. The third-order valence-corrected chi connectivity index (χ3v) is 6.47. The van der Waals surface area contributed by atoms with Gasteiger partial charge in [0, 0.05) is 6.42 Å². The molecular weight excluding hydrogens is 392 g/mol. The van der Waals surface area contributed by atoms with Crippen LogP contribution in [0.2, 0.25) is 0 Å². The van der Waals surface area contributed by atoms with E-state index in [0.29, 0.717) is 24.5 Å². The fraction of sp³-hybridized carbons (Fsp3) is 0.333. The van der Waals surface area contributed by atoms with E-state index in [2.05, 4.69) is 10.5 Å². The number of carbonyl (C=O) groups is 1. The number of nitrogens with one attached hydrogen (secondary N) is 1. The molecule has 1 heterocycles. The van der Waals surface area contributed by atoms with Crippen molar-refractivity contribution in [2.75, 3.05) is 18.6 Å². The molecular formula is C21H24N2O5S. The first kappa shape index (κ1) is 20.9. The van der Waals surface area contributed by atoms with Gasteiger partial charge in [-0.25, -0.2) is 13.8 Å². The zero-order valence-electron chi connectivity index (χ0n) is 16.2. The number of hydrogen-bond donors (Lipinski definition) is 1. The number of ether oxygens (including phenoxy) is 2. The second kappa shape index (κ2) is 9.56. The van der Waals surface area contributed by atoms with Crippen molar-refractivity contribution < 1.29 is 22.7 Å². The Labute approximate surface area is 170 Å². The van der Waals surface area contributed by atoms with Gasteiger partial charge in [0.2, 0.25) is 5.91 Å². The van der Waals surface area contributed by atoms with E-state index in [4.69, 9.17) is 9.47 Å². The molecule has 1 aliphatic rings. The number of hydrazone groups is 1. The van der Waals surface area contributed by atoms with E-state index < -0.39 is 9.84 Å². The molecule has 0 radical (unpaired) electrons. The number of rotatable bonds is 8. The van der Waals surface area contributed by atoms with Gasteiger partial charge in [-0.1, -0.05) is 30.3 Å². The lowest BCUT2D eigenvalue weighted by molar-refractivity contribution is -0.121. The van der Waals surface area contributed by atoms with Gasteiger partial charge >= 0.3 is 0 Å². The van der Waals surface area contributed by atoms with Crippen LogP contribution in [-0.4, -0.2) is 39.2 Å². The van der Waals surface area contributed by atoms with Gasteiger partial charge in [0.25, 0.3) is 0 Å². The summed E-state index contributed by atoms with van der Waals surface area (Å²) >= 11 is 0. The van der Waals surface area contributed by atoms with Crippen LogP contribution in [0.3, 0.4) is 0 Å². The molecule has 0 spiro atoms. The molecule has 1 fully saturated rings. The lowest BCUT2D eigenvalue weighted by atomic mass is 10.1. The number of methoxy groups -OCH3 is 1. The molecule has 8 heteroatoms. The van der Waals surface area contributed by atoms with E-state index >= 15 is 0 Å². The average molecular weight is 416 g/mol. The van der Waals surface area contributed by atoms with Crippen LogP contribution in [0.4, 0.5) is 0 Å². The molecule has 1 N–H and O–H groups in total. The Morgan fingerprint density at radius 3 is 2.69 bits per heavy atom. The summed E-state index contributed by atoms with van der Waals surface area (Å²) in [6, 6.07) is 15.2. The molecule has 2 aromatic carbocycles. The molecule has 154 valence electrons. The third kappa shape index (κ3) is 6.32. The van der Waals surface area contributed by atoms with Crippen LogP contribution in [0.25, 0.3) is 0 Å². The van der Waals surface area contributed by atoms with E-state index in [-0.39, 0.29) is 29.8 Å². The molecule has 1 unspecified atom stereocenters. The Hall–Kier alpha value is -2.87. The van der Waals surface area contributed by atoms with E-state index in [0.717, 1.165) is 11.1 Å². The predicted octanol–water partition coefficient (Wildman–Crippen LogP) is 2.55. The summed E-state index contributed by atoms with van der Waals surface area (Å²) in [5.74, 6) is 0.986. The highest BCUT2D eigenvalue weighted by atomic mass is 32.2. The minimum absolute atomic E-state index is 0.0752. The van der Waals surface area contributed by atoms with Gasteiger partial charge in [0.15, 0.2) is 21.3 Å². The monoisotopic (exact) mass is 416 g/mol. The van der Waals surface area contributed by atoms with Gasteiger partial charge in [-0.15, -0.1) is 0 Å². The van der Waals surface area contributed by atoms with Crippen LogP contribution in [0.5, 0.6) is 11.5 Å². The minimum Gasteiger partial charge on any atom is -0.493 e. The number of carbonyl (C=O) groups excluding carboxylic acids is 1. The van der Waals surface area contributed by atoms with Gasteiger partial charge in [-0.05, 0) is 41.7 Å². The maximum atomic E-state index is 11.9. The molecule has 2 aromatic rings. The van der Waals surface area contributed by atoms with Crippen molar-refractivity contribution in [1.29, 1.82) is 0 Å². The van der Waals surface area contributed by atoms with Crippen molar-refractivity contribution in [3.05, 3.63) is 59.7 Å². The minimum atomic E-state index is -2.98. The van der Waals surface area contributed by atoms with Crippen LogP contribution < -0.4 is 14.9 Å². The van der Waals surface area contributed by atoms with Crippen LogP contribution >= 0.6 is 0 Å². The molecule has 3 rings (SSSR count). The molecule has 0 bridgehead atoms. The fourth-order valence-electron chi connectivity index (χ4n) is 3.14. The van der Waals surface area contributed by atoms with Crippen LogP contribution in [0.1, 0.15) is 24.0 Å². The fourth-order valence-corrected chi connectivity index (χ4v) is 5.00. The van der Waals surface area contributed by atoms with E-state index in [9.17, 15) is 13.2 Å². The van der Waals surface area contributed by atoms with Gasteiger partial charge in [0.05, 0.1) is 24.8 Å². The first-order valence-corrected chi connectivity index (χ1v) is 11.1. The summed E-state index contributed by atoms with van der Waals surface area (Å²) in [5.41, 5.74) is 4.24. The Balaban J connectivity index is 1.53. The molecule has 0 aromatic heterocycles. The zero-order valence-corrected chi connectivity index (χ0v) is 17.0. The van der Waals surface area contributed by atoms with Gasteiger partial charge in [0.1, 0.15) is 6.61 Å². The summed E-state index contributed by atoms with van der Waals surface area (Å²) in [4.78, 5) is 11.9. The highest BCUT2D eigenvalue weighted by molar-refractivity contribution is 7.91. The highest BCUT2D eigenvalue weighted by Crippen LogP contribution is 2.28. The quantitative estimate of drug-likeness (QED) is 0.527. The van der Waals surface area contributed by atoms with E-state index in [1.807, 2.05) is 36.4 Å².